The zero-order valence-electron chi connectivity index (χ0n) is 13.5. The number of hydrogen-bond acceptors (Lipinski definition) is 6. The summed E-state index contributed by atoms with van der Waals surface area (Å²) in [6, 6.07) is 8.57. The number of nitrogens with one attached hydrogen (secondary N) is 1. The van der Waals surface area contributed by atoms with Crippen LogP contribution in [0.4, 0.5) is 11.4 Å². The molecule has 6 heteroatoms. The maximum atomic E-state index is 5.42. The van der Waals surface area contributed by atoms with Crippen LogP contribution in [0, 0.1) is 0 Å². The van der Waals surface area contributed by atoms with Crippen molar-refractivity contribution in [1.82, 2.24) is 4.98 Å². The molecule has 0 saturated carbocycles. The van der Waals surface area contributed by atoms with Crippen molar-refractivity contribution in [1.29, 1.82) is 0 Å². The molecule has 1 aliphatic heterocycles. The van der Waals surface area contributed by atoms with Crippen LogP contribution in [-0.4, -0.2) is 45.0 Å². The van der Waals surface area contributed by atoms with Gasteiger partial charge in [0.15, 0.2) is 0 Å². The Morgan fingerprint density at radius 3 is 3.04 bits per heavy atom. The highest BCUT2D eigenvalue weighted by atomic mass is 32.1. The molecule has 2 heterocycles. The molecule has 0 amide bonds. The average molecular weight is 333 g/mol. The predicted octanol–water partition coefficient (Wildman–Crippen LogP) is 2.78. The normalized spacial score (nSPS) is 14.9. The fraction of sp³-hybridized carbons (Fsp3) is 0.471. The summed E-state index contributed by atoms with van der Waals surface area (Å²) in [4.78, 5) is 8.04. The van der Waals surface area contributed by atoms with Crippen molar-refractivity contribution in [3.05, 3.63) is 40.3 Å². The van der Waals surface area contributed by atoms with E-state index in [4.69, 9.17) is 9.47 Å². The third-order valence-corrected chi connectivity index (χ3v) is 4.87. The van der Waals surface area contributed by atoms with E-state index in [-0.39, 0.29) is 0 Å². The average Bonchev–Trinajstić information content (AvgIpc) is 3.07. The van der Waals surface area contributed by atoms with Crippen LogP contribution in [0.15, 0.2) is 30.5 Å². The van der Waals surface area contributed by atoms with E-state index in [2.05, 4.69) is 39.5 Å². The van der Waals surface area contributed by atoms with Crippen molar-refractivity contribution in [2.45, 2.75) is 13.0 Å². The SMILES string of the molecule is COCCc1ncc(CNc2cccc(N3CCOCC3)c2)s1. The summed E-state index contributed by atoms with van der Waals surface area (Å²) in [5.41, 5.74) is 2.39. The molecule has 1 fully saturated rings. The predicted molar refractivity (Wildman–Crippen MR) is 94.5 cm³/mol. The highest BCUT2D eigenvalue weighted by Crippen LogP contribution is 2.22. The quantitative estimate of drug-likeness (QED) is 0.844. The van der Waals surface area contributed by atoms with E-state index < -0.39 is 0 Å². The van der Waals surface area contributed by atoms with Gasteiger partial charge in [-0.3, -0.25) is 0 Å². The van der Waals surface area contributed by atoms with E-state index in [1.165, 1.54) is 10.6 Å². The Morgan fingerprint density at radius 2 is 2.22 bits per heavy atom. The molecule has 124 valence electrons. The second kappa shape index (κ2) is 8.29. The maximum Gasteiger partial charge on any atom is 0.0951 e. The first-order valence-electron chi connectivity index (χ1n) is 7.94. The summed E-state index contributed by atoms with van der Waals surface area (Å²) in [5, 5.41) is 4.62. The van der Waals surface area contributed by atoms with E-state index >= 15 is 0 Å². The van der Waals surface area contributed by atoms with E-state index in [0.29, 0.717) is 0 Å². The lowest BCUT2D eigenvalue weighted by atomic mass is 10.2. The van der Waals surface area contributed by atoms with Crippen LogP contribution < -0.4 is 10.2 Å². The minimum absolute atomic E-state index is 0.724. The number of anilines is 2. The zero-order valence-corrected chi connectivity index (χ0v) is 14.3. The summed E-state index contributed by atoms with van der Waals surface area (Å²) in [5.74, 6) is 0. The van der Waals surface area contributed by atoms with Gasteiger partial charge < -0.3 is 19.7 Å². The van der Waals surface area contributed by atoms with E-state index in [1.54, 1.807) is 18.4 Å². The fourth-order valence-electron chi connectivity index (χ4n) is 2.56. The van der Waals surface area contributed by atoms with Crippen molar-refractivity contribution in [2.75, 3.05) is 50.2 Å². The highest BCUT2D eigenvalue weighted by Gasteiger charge is 2.11. The van der Waals surface area contributed by atoms with Gasteiger partial charge in [0.2, 0.25) is 0 Å². The molecule has 5 nitrogen and oxygen atoms in total. The molecule has 0 bridgehead atoms. The summed E-state index contributed by atoms with van der Waals surface area (Å²) >= 11 is 1.74. The Balaban J connectivity index is 1.56. The summed E-state index contributed by atoms with van der Waals surface area (Å²) in [6.07, 6.45) is 2.84. The van der Waals surface area contributed by atoms with Gasteiger partial charge in [-0.25, -0.2) is 4.98 Å². The van der Waals surface area contributed by atoms with Gasteiger partial charge in [0.05, 0.1) is 31.4 Å². The van der Waals surface area contributed by atoms with Crippen molar-refractivity contribution < 1.29 is 9.47 Å². The summed E-state index contributed by atoms with van der Waals surface area (Å²) < 4.78 is 10.5. The van der Waals surface area contributed by atoms with Crippen molar-refractivity contribution in [3.8, 4) is 0 Å². The van der Waals surface area contributed by atoms with Gasteiger partial charge in [0.25, 0.3) is 0 Å². The molecule has 1 aromatic carbocycles. The molecule has 2 aromatic rings. The Kier molecular flexibility index (Phi) is 5.85. The van der Waals surface area contributed by atoms with Gasteiger partial charge in [-0.15, -0.1) is 11.3 Å². The minimum atomic E-state index is 0.724. The molecule has 0 aliphatic carbocycles. The topological polar surface area (TPSA) is 46.6 Å². The second-order valence-corrected chi connectivity index (χ2v) is 6.67. The summed E-state index contributed by atoms with van der Waals surface area (Å²) in [6.45, 7) is 5.06. The number of rotatable bonds is 7. The molecule has 0 unspecified atom stereocenters. The number of aromatic nitrogens is 1. The van der Waals surface area contributed by atoms with E-state index in [9.17, 15) is 0 Å². The minimum Gasteiger partial charge on any atom is -0.384 e. The standard InChI is InChI=1S/C17H23N3O2S/c1-21-8-5-17-19-13-16(23-17)12-18-14-3-2-4-15(11-14)20-6-9-22-10-7-20/h2-4,11,13,18H,5-10,12H2,1H3. The smallest absolute Gasteiger partial charge is 0.0951 e. The second-order valence-electron chi connectivity index (χ2n) is 5.47. The monoisotopic (exact) mass is 333 g/mol. The first-order valence-corrected chi connectivity index (χ1v) is 8.76. The van der Waals surface area contributed by atoms with Crippen molar-refractivity contribution >= 4 is 22.7 Å². The van der Waals surface area contributed by atoms with E-state index in [1.807, 2.05) is 6.20 Å². The lowest BCUT2D eigenvalue weighted by Crippen LogP contribution is -2.36. The number of benzene rings is 1. The third-order valence-electron chi connectivity index (χ3n) is 3.81. The van der Waals surface area contributed by atoms with Gasteiger partial charge in [0.1, 0.15) is 0 Å². The number of nitrogens with zero attached hydrogens (tertiary/aromatic N) is 2. The largest absolute Gasteiger partial charge is 0.384 e. The highest BCUT2D eigenvalue weighted by molar-refractivity contribution is 7.11. The van der Waals surface area contributed by atoms with Crippen LogP contribution >= 0.6 is 11.3 Å². The first-order chi connectivity index (χ1) is 11.3. The number of thiazole rings is 1. The van der Waals surface area contributed by atoms with Crippen LogP contribution in [0.2, 0.25) is 0 Å². The zero-order chi connectivity index (χ0) is 15.9. The van der Waals surface area contributed by atoms with E-state index in [0.717, 1.165) is 56.6 Å². The Bertz CT molecular complexity index is 611. The van der Waals surface area contributed by atoms with Crippen LogP contribution in [0.1, 0.15) is 9.88 Å². The van der Waals surface area contributed by atoms with Gasteiger partial charge in [-0.2, -0.15) is 0 Å². The molecule has 1 aliphatic rings. The number of morpholine rings is 1. The van der Waals surface area contributed by atoms with Crippen molar-refractivity contribution in [2.24, 2.45) is 0 Å². The molecule has 0 radical (unpaired) electrons. The number of hydrogen-bond donors (Lipinski definition) is 1. The fourth-order valence-corrected chi connectivity index (χ4v) is 3.40. The lowest BCUT2D eigenvalue weighted by Gasteiger charge is -2.29. The van der Waals surface area contributed by atoms with Gasteiger partial charge in [0, 0.05) is 49.1 Å². The van der Waals surface area contributed by atoms with Crippen LogP contribution in [0.3, 0.4) is 0 Å². The number of ether oxygens (including phenoxy) is 2. The molecule has 1 N–H and O–H groups in total. The summed E-state index contributed by atoms with van der Waals surface area (Å²) in [7, 11) is 1.72. The van der Waals surface area contributed by atoms with Crippen LogP contribution in [-0.2, 0) is 22.4 Å². The molecule has 23 heavy (non-hydrogen) atoms. The van der Waals surface area contributed by atoms with Gasteiger partial charge in [-0.1, -0.05) is 6.07 Å². The third kappa shape index (κ3) is 4.67. The Hall–Kier alpha value is -1.63. The lowest BCUT2D eigenvalue weighted by molar-refractivity contribution is 0.122. The first kappa shape index (κ1) is 16.2. The molecular formula is C17H23N3O2S. The van der Waals surface area contributed by atoms with Crippen LogP contribution in [0.25, 0.3) is 0 Å². The van der Waals surface area contributed by atoms with Gasteiger partial charge in [-0.05, 0) is 18.2 Å². The molecular weight excluding hydrogens is 310 g/mol. The molecule has 0 atom stereocenters. The van der Waals surface area contributed by atoms with Crippen LogP contribution in [0.5, 0.6) is 0 Å². The van der Waals surface area contributed by atoms with Gasteiger partial charge >= 0.3 is 0 Å². The molecule has 0 spiro atoms. The Labute approximate surface area is 141 Å². The Morgan fingerprint density at radius 1 is 1.35 bits per heavy atom. The van der Waals surface area contributed by atoms with Crippen molar-refractivity contribution in [3.63, 3.8) is 0 Å². The maximum absolute atomic E-state index is 5.42. The molecule has 3 rings (SSSR count). The molecule has 1 saturated heterocycles. The number of methoxy groups -OCH3 is 1. The molecule has 1 aromatic heterocycles.